The number of fused-ring (bicyclic) bond motifs is 1. The van der Waals surface area contributed by atoms with Gasteiger partial charge in [0.05, 0.1) is 25.0 Å². The van der Waals surface area contributed by atoms with Gasteiger partial charge < -0.3 is 19.5 Å². The van der Waals surface area contributed by atoms with Gasteiger partial charge in [0.15, 0.2) is 6.10 Å². The molecule has 35 heavy (non-hydrogen) atoms. The third-order valence-electron chi connectivity index (χ3n) is 6.97. The van der Waals surface area contributed by atoms with Crippen LogP contribution in [0.2, 0.25) is 0 Å². The molecule has 186 valence electrons. The third kappa shape index (κ3) is 4.87. The summed E-state index contributed by atoms with van der Waals surface area (Å²) in [6, 6.07) is 7.99. The van der Waals surface area contributed by atoms with Crippen molar-refractivity contribution in [2.75, 3.05) is 31.7 Å². The van der Waals surface area contributed by atoms with Crippen molar-refractivity contribution >= 4 is 33.4 Å². The summed E-state index contributed by atoms with van der Waals surface area (Å²) in [6.45, 7) is 11.7. The van der Waals surface area contributed by atoms with E-state index < -0.39 is 12.1 Å². The number of aliphatic hydroxyl groups excluding tert-OH is 1. The number of hydrogen-bond acceptors (Lipinski definition) is 6. The minimum Gasteiger partial charge on any atom is -0.467 e. The molecule has 0 bridgehead atoms. The van der Waals surface area contributed by atoms with Gasteiger partial charge in [-0.05, 0) is 56.9 Å². The van der Waals surface area contributed by atoms with Gasteiger partial charge in [-0.1, -0.05) is 34.1 Å². The molecule has 1 aliphatic heterocycles. The second-order valence-corrected chi connectivity index (χ2v) is 10.2. The van der Waals surface area contributed by atoms with Crippen LogP contribution in [0.5, 0.6) is 0 Å². The summed E-state index contributed by atoms with van der Waals surface area (Å²) in [4.78, 5) is 19.7. The van der Waals surface area contributed by atoms with Crippen molar-refractivity contribution in [3.8, 4) is 11.3 Å². The number of imidazole rings is 1. The quantitative estimate of drug-likeness (QED) is 0.329. The largest absolute Gasteiger partial charge is 0.467 e. The van der Waals surface area contributed by atoms with Gasteiger partial charge in [0.2, 0.25) is 0 Å². The lowest BCUT2D eigenvalue weighted by Crippen LogP contribution is -2.45. The summed E-state index contributed by atoms with van der Waals surface area (Å²) < 4.78 is 13.9. The van der Waals surface area contributed by atoms with Crippen LogP contribution in [0.15, 0.2) is 47.6 Å². The van der Waals surface area contributed by atoms with Gasteiger partial charge in [-0.25, -0.2) is 9.78 Å². The van der Waals surface area contributed by atoms with E-state index >= 15 is 0 Å². The molecule has 1 N–H and O–H groups in total. The number of carbonyl (C=O) groups is 1. The molecule has 0 spiro atoms. The number of hydrogen-bond donors (Lipinski definition) is 1. The van der Waals surface area contributed by atoms with Gasteiger partial charge in [-0.3, -0.25) is 4.40 Å². The maximum atomic E-state index is 12.5. The fraction of sp³-hybridized carbons (Fsp3) is 0.407. The molecule has 1 atom stereocenters. The van der Waals surface area contributed by atoms with E-state index in [-0.39, 0.29) is 5.60 Å². The monoisotopic (exact) mass is 541 g/mol. The number of piperidine rings is 1. The summed E-state index contributed by atoms with van der Waals surface area (Å²) >= 11 is 3.54. The number of aliphatic hydroxyl groups is 1. The molecule has 0 saturated carbocycles. The molecule has 1 fully saturated rings. The standard InChI is InChI=1S/C27H32BrN3O4/c1-6-14-35-27(4)10-12-30(13-11-27)25-22(23(32)26(33)34-5)17(2)18(3)24-29-21(16-31(24)25)19-8-7-9-20(28)15-19/h6-9,15-16,23,32H,1,10-14H2,2-5H3. The molecule has 4 rings (SSSR count). The first-order chi connectivity index (χ1) is 16.7. The molecule has 1 aromatic carbocycles. The van der Waals surface area contributed by atoms with Gasteiger partial charge in [0.25, 0.3) is 0 Å². The van der Waals surface area contributed by atoms with E-state index in [9.17, 15) is 9.90 Å². The zero-order valence-electron chi connectivity index (χ0n) is 20.7. The number of methoxy groups -OCH3 is 1. The molecule has 0 amide bonds. The first-order valence-corrected chi connectivity index (χ1v) is 12.5. The van der Waals surface area contributed by atoms with E-state index in [0.29, 0.717) is 25.3 Å². The maximum absolute atomic E-state index is 12.5. The number of carbonyl (C=O) groups excluding carboxylic acids is 1. The van der Waals surface area contributed by atoms with E-state index in [2.05, 4.69) is 34.3 Å². The van der Waals surface area contributed by atoms with Crippen molar-refractivity contribution in [3.63, 3.8) is 0 Å². The van der Waals surface area contributed by atoms with Crippen molar-refractivity contribution < 1.29 is 19.4 Å². The Balaban J connectivity index is 1.88. The van der Waals surface area contributed by atoms with Crippen LogP contribution >= 0.6 is 15.9 Å². The number of halogens is 1. The van der Waals surface area contributed by atoms with Crippen molar-refractivity contribution in [3.05, 3.63) is 64.3 Å². The van der Waals surface area contributed by atoms with Crippen molar-refractivity contribution in [2.45, 2.75) is 45.3 Å². The van der Waals surface area contributed by atoms with Crippen LogP contribution < -0.4 is 4.90 Å². The van der Waals surface area contributed by atoms with Crippen LogP contribution in [0.25, 0.3) is 16.9 Å². The van der Waals surface area contributed by atoms with E-state index in [1.54, 1.807) is 6.08 Å². The fourth-order valence-electron chi connectivity index (χ4n) is 4.74. The minimum atomic E-state index is -1.40. The molecule has 7 nitrogen and oxygen atoms in total. The Kier molecular flexibility index (Phi) is 7.35. The second-order valence-electron chi connectivity index (χ2n) is 9.28. The number of benzene rings is 1. The van der Waals surface area contributed by atoms with Crippen LogP contribution in [0, 0.1) is 13.8 Å². The van der Waals surface area contributed by atoms with Gasteiger partial charge in [0, 0.05) is 34.9 Å². The summed E-state index contributed by atoms with van der Waals surface area (Å²) in [6.07, 6.45) is 3.95. The molecule has 2 aromatic heterocycles. The summed E-state index contributed by atoms with van der Waals surface area (Å²) in [7, 11) is 1.29. The summed E-state index contributed by atoms with van der Waals surface area (Å²) in [5.74, 6) is 0.0807. The fourth-order valence-corrected chi connectivity index (χ4v) is 5.14. The first kappa shape index (κ1) is 25.4. The van der Waals surface area contributed by atoms with E-state index in [4.69, 9.17) is 14.5 Å². The molecule has 8 heteroatoms. The van der Waals surface area contributed by atoms with Gasteiger partial charge in [-0.2, -0.15) is 0 Å². The number of anilines is 1. The molecule has 1 saturated heterocycles. The van der Waals surface area contributed by atoms with Crippen LogP contribution in [-0.2, 0) is 14.3 Å². The predicted molar refractivity (Wildman–Crippen MR) is 141 cm³/mol. The van der Waals surface area contributed by atoms with Crippen molar-refractivity contribution in [1.82, 2.24) is 9.38 Å². The van der Waals surface area contributed by atoms with E-state index in [1.807, 2.05) is 48.7 Å². The molecular weight excluding hydrogens is 510 g/mol. The Hall–Kier alpha value is -2.68. The Labute approximate surface area is 214 Å². The lowest BCUT2D eigenvalue weighted by Gasteiger charge is -2.41. The first-order valence-electron chi connectivity index (χ1n) is 11.7. The molecule has 0 radical (unpaired) electrons. The van der Waals surface area contributed by atoms with E-state index in [1.165, 1.54) is 7.11 Å². The number of nitrogens with zero attached hydrogens (tertiary/aromatic N) is 3. The average molecular weight is 542 g/mol. The smallest absolute Gasteiger partial charge is 0.339 e. The predicted octanol–water partition coefficient (Wildman–Crippen LogP) is 5.15. The van der Waals surface area contributed by atoms with Crippen molar-refractivity contribution in [2.24, 2.45) is 0 Å². The van der Waals surface area contributed by atoms with Crippen LogP contribution in [0.4, 0.5) is 5.82 Å². The molecule has 3 aromatic rings. The van der Waals surface area contributed by atoms with Gasteiger partial charge >= 0.3 is 5.97 Å². The SMILES string of the molecule is C=CCOC1(C)CCN(c2c(C(O)C(=O)OC)c(C)c(C)c3nc(-c4cccc(Br)c4)cn23)CC1. The number of ether oxygens (including phenoxy) is 2. The lowest BCUT2D eigenvalue weighted by atomic mass is 9.92. The van der Waals surface area contributed by atoms with Crippen molar-refractivity contribution in [1.29, 1.82) is 0 Å². The highest BCUT2D eigenvalue weighted by atomic mass is 79.9. The topological polar surface area (TPSA) is 76.3 Å². The molecule has 1 aliphatic rings. The van der Waals surface area contributed by atoms with Crippen LogP contribution in [-0.4, -0.2) is 52.9 Å². The zero-order chi connectivity index (χ0) is 25.3. The summed E-state index contributed by atoms with van der Waals surface area (Å²) in [5.41, 5.74) is 4.62. The Morgan fingerprint density at radius 1 is 1.31 bits per heavy atom. The van der Waals surface area contributed by atoms with E-state index in [0.717, 1.165) is 51.2 Å². The van der Waals surface area contributed by atoms with Crippen LogP contribution in [0.1, 0.15) is 42.6 Å². The number of pyridine rings is 1. The molecule has 0 aliphatic carbocycles. The maximum Gasteiger partial charge on any atom is 0.339 e. The number of esters is 1. The Bertz CT molecular complexity index is 1260. The summed E-state index contributed by atoms with van der Waals surface area (Å²) in [5, 5.41) is 11.1. The zero-order valence-corrected chi connectivity index (χ0v) is 22.3. The molecule has 3 heterocycles. The highest BCUT2D eigenvalue weighted by molar-refractivity contribution is 9.10. The molecule has 1 unspecified atom stereocenters. The normalized spacial score (nSPS) is 16.3. The number of rotatable bonds is 7. The minimum absolute atomic E-state index is 0.249. The Morgan fingerprint density at radius 2 is 2.03 bits per heavy atom. The number of aryl methyl sites for hydroxylation is 1. The Morgan fingerprint density at radius 3 is 2.66 bits per heavy atom. The lowest BCUT2D eigenvalue weighted by molar-refractivity contribution is -0.150. The highest BCUT2D eigenvalue weighted by Gasteiger charge is 2.35. The van der Waals surface area contributed by atoms with Gasteiger partial charge in [-0.15, -0.1) is 6.58 Å². The highest BCUT2D eigenvalue weighted by Crippen LogP contribution is 2.39. The third-order valence-corrected chi connectivity index (χ3v) is 7.46. The second kappa shape index (κ2) is 10.1. The van der Waals surface area contributed by atoms with Gasteiger partial charge in [0.1, 0.15) is 11.5 Å². The number of aromatic nitrogens is 2. The van der Waals surface area contributed by atoms with Crippen LogP contribution in [0.3, 0.4) is 0 Å². The molecular formula is C27H32BrN3O4. The average Bonchev–Trinajstić information content (AvgIpc) is 3.30.